The number of ether oxygens (including phenoxy) is 1. The summed E-state index contributed by atoms with van der Waals surface area (Å²) < 4.78 is 5.65. The number of hydrogen-bond acceptors (Lipinski definition) is 3. The molecule has 2 amide bonds. The van der Waals surface area contributed by atoms with E-state index in [0.717, 1.165) is 5.56 Å². The minimum absolute atomic E-state index is 0.126. The first-order valence-corrected chi connectivity index (χ1v) is 10.8. The Bertz CT molecular complexity index is 794. The molecule has 0 aliphatic carbocycles. The number of nitrogens with zero attached hydrogens (tertiary/aromatic N) is 1. The summed E-state index contributed by atoms with van der Waals surface area (Å²) in [6.07, 6.45) is 1.20. The first kappa shape index (κ1) is 23.7. The van der Waals surface area contributed by atoms with Gasteiger partial charge in [-0.05, 0) is 48.6 Å². The topological polar surface area (TPSA) is 58.6 Å². The zero-order valence-electron chi connectivity index (χ0n) is 17.9. The third kappa shape index (κ3) is 7.71. The van der Waals surface area contributed by atoms with Gasteiger partial charge in [0, 0.05) is 18.1 Å². The molecular weight excluding hydrogens is 400 g/mol. The van der Waals surface area contributed by atoms with Crippen molar-refractivity contribution in [1.29, 1.82) is 0 Å². The Morgan fingerprint density at radius 2 is 1.73 bits per heavy atom. The summed E-state index contributed by atoms with van der Waals surface area (Å²) in [4.78, 5) is 27.5. The fourth-order valence-electron chi connectivity index (χ4n) is 3.08. The minimum Gasteiger partial charge on any atom is -0.484 e. The van der Waals surface area contributed by atoms with Crippen molar-refractivity contribution in [2.75, 3.05) is 19.7 Å². The monoisotopic (exact) mass is 430 g/mol. The van der Waals surface area contributed by atoms with Crippen LogP contribution >= 0.6 is 11.6 Å². The molecule has 162 valence electrons. The van der Waals surface area contributed by atoms with E-state index < -0.39 is 6.04 Å². The molecule has 1 atom stereocenters. The maximum atomic E-state index is 13.0. The first-order valence-electron chi connectivity index (χ1n) is 10.4. The van der Waals surface area contributed by atoms with Gasteiger partial charge in [-0.1, -0.05) is 62.7 Å². The van der Waals surface area contributed by atoms with E-state index in [1.54, 1.807) is 29.2 Å². The molecule has 6 heteroatoms. The summed E-state index contributed by atoms with van der Waals surface area (Å²) in [5.41, 5.74) is 1.12. The lowest BCUT2D eigenvalue weighted by atomic mass is 10.1. The zero-order chi connectivity index (χ0) is 21.9. The van der Waals surface area contributed by atoms with Gasteiger partial charge in [0.05, 0.1) is 0 Å². The van der Waals surface area contributed by atoms with Crippen molar-refractivity contribution in [3.8, 4) is 5.75 Å². The molecule has 1 unspecified atom stereocenters. The van der Waals surface area contributed by atoms with Gasteiger partial charge in [0.1, 0.15) is 11.8 Å². The number of hydrogen-bond donors (Lipinski definition) is 1. The molecule has 2 aromatic rings. The van der Waals surface area contributed by atoms with Crippen LogP contribution in [0.4, 0.5) is 0 Å². The summed E-state index contributed by atoms with van der Waals surface area (Å²) in [7, 11) is 0. The van der Waals surface area contributed by atoms with Crippen molar-refractivity contribution in [2.45, 2.75) is 39.7 Å². The van der Waals surface area contributed by atoms with Crippen LogP contribution in [0.3, 0.4) is 0 Å². The van der Waals surface area contributed by atoms with Crippen LogP contribution in [0, 0.1) is 5.92 Å². The minimum atomic E-state index is -0.534. The van der Waals surface area contributed by atoms with E-state index in [2.05, 4.69) is 5.32 Å². The van der Waals surface area contributed by atoms with Gasteiger partial charge >= 0.3 is 0 Å². The molecule has 0 saturated carbocycles. The highest BCUT2D eigenvalue weighted by atomic mass is 35.5. The molecule has 5 nitrogen and oxygen atoms in total. The van der Waals surface area contributed by atoms with Crippen LogP contribution < -0.4 is 10.1 Å². The van der Waals surface area contributed by atoms with Crippen LogP contribution in [0.5, 0.6) is 5.75 Å². The summed E-state index contributed by atoms with van der Waals surface area (Å²) in [5.74, 6) is 0.563. The lowest BCUT2D eigenvalue weighted by Crippen LogP contribution is -2.51. The molecule has 30 heavy (non-hydrogen) atoms. The predicted molar refractivity (Wildman–Crippen MR) is 121 cm³/mol. The lowest BCUT2D eigenvalue weighted by Gasteiger charge is -2.30. The molecule has 0 aliphatic rings. The molecule has 1 N–H and O–H groups in total. The maximum Gasteiger partial charge on any atom is 0.261 e. The second-order valence-electron chi connectivity index (χ2n) is 7.63. The summed E-state index contributed by atoms with van der Waals surface area (Å²) in [6, 6.07) is 16.3. The van der Waals surface area contributed by atoms with E-state index in [-0.39, 0.29) is 18.4 Å². The van der Waals surface area contributed by atoms with Gasteiger partial charge in [-0.2, -0.15) is 0 Å². The Hall–Kier alpha value is -2.53. The highest BCUT2D eigenvalue weighted by Gasteiger charge is 2.28. The Morgan fingerprint density at radius 3 is 2.33 bits per heavy atom. The molecule has 0 bridgehead atoms. The van der Waals surface area contributed by atoms with Crippen LogP contribution in [-0.4, -0.2) is 42.5 Å². The van der Waals surface area contributed by atoms with E-state index >= 15 is 0 Å². The van der Waals surface area contributed by atoms with Crippen LogP contribution in [-0.2, 0) is 16.0 Å². The molecule has 0 saturated heterocycles. The highest BCUT2D eigenvalue weighted by Crippen LogP contribution is 2.16. The predicted octanol–water partition coefficient (Wildman–Crippen LogP) is 4.34. The highest BCUT2D eigenvalue weighted by molar-refractivity contribution is 6.30. The van der Waals surface area contributed by atoms with E-state index in [0.29, 0.717) is 42.6 Å². The zero-order valence-corrected chi connectivity index (χ0v) is 18.7. The quantitative estimate of drug-likeness (QED) is 0.576. The maximum absolute atomic E-state index is 13.0. The van der Waals surface area contributed by atoms with Gasteiger partial charge in [-0.25, -0.2) is 0 Å². The second kappa shape index (κ2) is 12.2. The van der Waals surface area contributed by atoms with Crippen molar-refractivity contribution >= 4 is 23.4 Å². The van der Waals surface area contributed by atoms with Crippen LogP contribution in [0.1, 0.15) is 32.8 Å². The Labute approximate surface area is 184 Å². The van der Waals surface area contributed by atoms with Crippen LogP contribution in [0.25, 0.3) is 0 Å². The Morgan fingerprint density at radius 1 is 1.07 bits per heavy atom. The third-order valence-electron chi connectivity index (χ3n) is 4.73. The molecule has 0 fully saturated rings. The molecule has 2 aromatic carbocycles. The average molecular weight is 431 g/mol. The van der Waals surface area contributed by atoms with Crippen LogP contribution in [0.15, 0.2) is 54.6 Å². The largest absolute Gasteiger partial charge is 0.484 e. The number of benzene rings is 2. The molecular formula is C24H31ClN2O3. The van der Waals surface area contributed by atoms with Gasteiger partial charge < -0.3 is 15.0 Å². The summed E-state index contributed by atoms with van der Waals surface area (Å²) >= 11 is 5.90. The van der Waals surface area contributed by atoms with Crippen molar-refractivity contribution in [3.05, 3.63) is 65.2 Å². The van der Waals surface area contributed by atoms with Crippen molar-refractivity contribution < 1.29 is 14.3 Å². The fourth-order valence-corrected chi connectivity index (χ4v) is 3.20. The molecule has 0 heterocycles. The number of carbonyl (C=O) groups is 2. The average Bonchev–Trinajstić information content (AvgIpc) is 2.75. The molecule has 0 spiro atoms. The van der Waals surface area contributed by atoms with Gasteiger partial charge in [0.15, 0.2) is 6.61 Å². The fraction of sp³-hybridized carbons (Fsp3) is 0.417. The van der Waals surface area contributed by atoms with Gasteiger partial charge in [-0.15, -0.1) is 0 Å². The van der Waals surface area contributed by atoms with Crippen molar-refractivity contribution in [2.24, 2.45) is 5.92 Å². The van der Waals surface area contributed by atoms with Gasteiger partial charge in [0.2, 0.25) is 5.91 Å². The SMILES string of the molecule is CCC(C(=O)NCC(C)C)N(CCc1ccccc1)C(=O)COc1ccc(Cl)cc1. The molecule has 0 radical (unpaired) electrons. The number of carbonyl (C=O) groups excluding carboxylic acids is 2. The van der Waals surface area contributed by atoms with E-state index in [1.165, 1.54) is 0 Å². The number of nitrogens with one attached hydrogen (secondary N) is 1. The normalized spacial score (nSPS) is 11.8. The number of halogens is 1. The smallest absolute Gasteiger partial charge is 0.261 e. The van der Waals surface area contributed by atoms with Crippen LogP contribution in [0.2, 0.25) is 5.02 Å². The van der Waals surface area contributed by atoms with E-state index in [1.807, 2.05) is 51.1 Å². The molecule has 0 aliphatic heterocycles. The van der Waals surface area contributed by atoms with Crippen molar-refractivity contribution in [3.63, 3.8) is 0 Å². The molecule has 2 rings (SSSR count). The van der Waals surface area contributed by atoms with E-state index in [9.17, 15) is 9.59 Å². The summed E-state index contributed by atoms with van der Waals surface area (Å²) in [5, 5.41) is 3.56. The second-order valence-corrected chi connectivity index (χ2v) is 8.06. The van der Waals surface area contributed by atoms with E-state index in [4.69, 9.17) is 16.3 Å². The number of rotatable bonds is 11. The molecule has 0 aromatic heterocycles. The lowest BCUT2D eigenvalue weighted by molar-refractivity contribution is -0.142. The Balaban J connectivity index is 2.09. The standard InChI is InChI=1S/C24H31ClN2O3/c1-4-22(24(29)26-16-18(2)3)27(15-14-19-8-6-5-7-9-19)23(28)17-30-21-12-10-20(25)11-13-21/h5-13,18,22H,4,14-17H2,1-3H3,(H,26,29). The Kier molecular flexibility index (Phi) is 9.68. The third-order valence-corrected chi connectivity index (χ3v) is 4.98. The van der Waals surface area contributed by atoms with Crippen molar-refractivity contribution in [1.82, 2.24) is 10.2 Å². The van der Waals surface area contributed by atoms with Gasteiger partial charge in [-0.3, -0.25) is 9.59 Å². The first-order chi connectivity index (χ1) is 14.4. The van der Waals surface area contributed by atoms with Gasteiger partial charge in [0.25, 0.3) is 5.91 Å². The number of amides is 2. The summed E-state index contributed by atoms with van der Waals surface area (Å²) in [6.45, 7) is 6.89.